The van der Waals surface area contributed by atoms with E-state index in [4.69, 9.17) is 0 Å². The first-order valence-corrected chi connectivity index (χ1v) is 7.03. The van der Waals surface area contributed by atoms with Crippen molar-refractivity contribution < 1.29 is 9.18 Å². The van der Waals surface area contributed by atoms with Crippen molar-refractivity contribution in [2.45, 2.75) is 26.4 Å². The average molecular weight is 316 g/mol. The summed E-state index contributed by atoms with van der Waals surface area (Å²) in [5.41, 5.74) is 1.41. The highest BCUT2D eigenvalue weighted by Crippen LogP contribution is 2.09. The second-order valence-electron chi connectivity index (χ2n) is 5.38. The molecule has 0 spiro atoms. The van der Waals surface area contributed by atoms with Crippen LogP contribution in [0.15, 0.2) is 18.2 Å². The minimum atomic E-state index is -0.229. The van der Waals surface area contributed by atoms with Gasteiger partial charge in [-0.05, 0) is 31.0 Å². The van der Waals surface area contributed by atoms with Gasteiger partial charge >= 0.3 is 0 Å². The standard InChI is InChI=1S/C15H22FN3O.ClH/c1-11-3-4-13(7-14(11)16)9-18-15(20)10-19-6-5-17-8-12(19)2;/h3-4,7,12,17H,5-6,8-10H2,1-2H3,(H,18,20);1H. The third kappa shape index (κ3) is 5.26. The number of rotatable bonds is 4. The molecule has 0 bridgehead atoms. The number of piperazine rings is 1. The molecule has 6 heteroatoms. The summed E-state index contributed by atoms with van der Waals surface area (Å²) in [7, 11) is 0. The summed E-state index contributed by atoms with van der Waals surface area (Å²) in [6.45, 7) is 7.32. The van der Waals surface area contributed by atoms with E-state index >= 15 is 0 Å². The molecule has 0 aromatic heterocycles. The van der Waals surface area contributed by atoms with Crippen molar-refractivity contribution in [2.75, 3.05) is 26.2 Å². The molecule has 0 radical (unpaired) electrons. The van der Waals surface area contributed by atoms with Crippen molar-refractivity contribution >= 4 is 18.3 Å². The molecule has 4 nitrogen and oxygen atoms in total. The van der Waals surface area contributed by atoms with E-state index in [-0.39, 0.29) is 24.1 Å². The van der Waals surface area contributed by atoms with Crippen molar-refractivity contribution in [3.05, 3.63) is 35.1 Å². The summed E-state index contributed by atoms with van der Waals surface area (Å²) in [5, 5.41) is 6.14. The van der Waals surface area contributed by atoms with E-state index in [0.717, 1.165) is 25.2 Å². The lowest BCUT2D eigenvalue weighted by atomic mass is 10.1. The second-order valence-corrected chi connectivity index (χ2v) is 5.38. The lowest BCUT2D eigenvalue weighted by molar-refractivity contribution is -0.123. The minimum absolute atomic E-state index is 0. The molecule has 1 saturated heterocycles. The SMILES string of the molecule is Cc1ccc(CNC(=O)CN2CCNCC2C)cc1F.Cl. The van der Waals surface area contributed by atoms with Gasteiger partial charge in [-0.1, -0.05) is 12.1 Å². The average Bonchev–Trinajstić information content (AvgIpc) is 2.43. The molecule has 1 unspecified atom stereocenters. The predicted octanol–water partition coefficient (Wildman–Crippen LogP) is 1.47. The van der Waals surface area contributed by atoms with Gasteiger partial charge in [0.2, 0.25) is 5.91 Å². The van der Waals surface area contributed by atoms with Crippen molar-refractivity contribution in [2.24, 2.45) is 0 Å². The third-order valence-electron chi connectivity index (χ3n) is 3.71. The van der Waals surface area contributed by atoms with Crippen molar-refractivity contribution in [3.8, 4) is 0 Å². The maximum atomic E-state index is 13.4. The fourth-order valence-electron chi connectivity index (χ4n) is 2.31. The van der Waals surface area contributed by atoms with Crippen LogP contribution in [0.1, 0.15) is 18.1 Å². The highest BCUT2D eigenvalue weighted by Gasteiger charge is 2.19. The van der Waals surface area contributed by atoms with Crippen LogP contribution in [0.5, 0.6) is 0 Å². The molecule has 21 heavy (non-hydrogen) atoms. The Morgan fingerprint density at radius 2 is 2.29 bits per heavy atom. The van der Waals surface area contributed by atoms with Gasteiger partial charge in [-0.2, -0.15) is 0 Å². The van der Waals surface area contributed by atoms with Crippen LogP contribution in [0.25, 0.3) is 0 Å². The zero-order chi connectivity index (χ0) is 14.5. The number of carbonyl (C=O) groups is 1. The van der Waals surface area contributed by atoms with Gasteiger partial charge in [0.25, 0.3) is 0 Å². The molecule has 1 heterocycles. The number of benzene rings is 1. The molecular formula is C15H23ClFN3O. The molecule has 1 atom stereocenters. The normalized spacial score (nSPS) is 18.9. The molecule has 118 valence electrons. The number of aryl methyl sites for hydroxylation is 1. The van der Waals surface area contributed by atoms with E-state index in [1.54, 1.807) is 13.0 Å². The molecule has 1 amide bonds. The van der Waals surface area contributed by atoms with Gasteiger partial charge in [-0.15, -0.1) is 12.4 Å². The zero-order valence-corrected chi connectivity index (χ0v) is 13.3. The lowest BCUT2D eigenvalue weighted by Gasteiger charge is -2.33. The van der Waals surface area contributed by atoms with Crippen LogP contribution < -0.4 is 10.6 Å². The smallest absolute Gasteiger partial charge is 0.234 e. The third-order valence-corrected chi connectivity index (χ3v) is 3.71. The molecule has 2 N–H and O–H groups in total. The highest BCUT2D eigenvalue weighted by atomic mass is 35.5. The molecule has 1 aliphatic rings. The summed E-state index contributed by atoms with van der Waals surface area (Å²) in [4.78, 5) is 14.1. The Kier molecular flexibility index (Phi) is 7.08. The number of halogens is 2. The van der Waals surface area contributed by atoms with Gasteiger partial charge in [0.1, 0.15) is 5.82 Å². The maximum absolute atomic E-state index is 13.4. The van der Waals surface area contributed by atoms with Crippen LogP contribution in [0.3, 0.4) is 0 Å². The summed E-state index contributed by atoms with van der Waals surface area (Å²) in [5.74, 6) is -0.243. The van der Waals surface area contributed by atoms with E-state index in [1.165, 1.54) is 6.07 Å². The molecule has 1 aromatic rings. The summed E-state index contributed by atoms with van der Waals surface area (Å²) in [6.07, 6.45) is 0. The van der Waals surface area contributed by atoms with Gasteiger partial charge < -0.3 is 10.6 Å². The van der Waals surface area contributed by atoms with Crippen LogP contribution in [0.2, 0.25) is 0 Å². The fourth-order valence-corrected chi connectivity index (χ4v) is 2.31. The predicted molar refractivity (Wildman–Crippen MR) is 84.1 cm³/mol. The van der Waals surface area contributed by atoms with Crippen molar-refractivity contribution in [1.29, 1.82) is 0 Å². The fraction of sp³-hybridized carbons (Fsp3) is 0.533. The molecular weight excluding hydrogens is 293 g/mol. The summed E-state index contributed by atoms with van der Waals surface area (Å²) in [6, 6.07) is 5.41. The van der Waals surface area contributed by atoms with Crippen molar-refractivity contribution in [1.82, 2.24) is 15.5 Å². The van der Waals surface area contributed by atoms with Gasteiger partial charge in [0, 0.05) is 32.2 Å². The number of amides is 1. The summed E-state index contributed by atoms with van der Waals surface area (Å²) < 4.78 is 13.4. The topological polar surface area (TPSA) is 44.4 Å². The maximum Gasteiger partial charge on any atom is 0.234 e. The first-order valence-electron chi connectivity index (χ1n) is 7.03. The highest BCUT2D eigenvalue weighted by molar-refractivity contribution is 5.85. The number of hydrogen-bond donors (Lipinski definition) is 2. The number of hydrogen-bond acceptors (Lipinski definition) is 3. The van der Waals surface area contributed by atoms with E-state index in [1.807, 2.05) is 6.07 Å². The van der Waals surface area contributed by atoms with Gasteiger partial charge in [0.05, 0.1) is 6.54 Å². The van der Waals surface area contributed by atoms with Gasteiger partial charge in [-0.3, -0.25) is 9.69 Å². The molecule has 1 aliphatic heterocycles. The molecule has 1 aromatic carbocycles. The zero-order valence-electron chi connectivity index (χ0n) is 12.5. The Morgan fingerprint density at radius 1 is 1.52 bits per heavy atom. The van der Waals surface area contributed by atoms with E-state index in [0.29, 0.717) is 24.7 Å². The molecule has 0 aliphatic carbocycles. The van der Waals surface area contributed by atoms with Crippen LogP contribution >= 0.6 is 12.4 Å². The van der Waals surface area contributed by atoms with Gasteiger partial charge in [0.15, 0.2) is 0 Å². The van der Waals surface area contributed by atoms with E-state index in [9.17, 15) is 9.18 Å². The second kappa shape index (κ2) is 8.32. The molecule has 2 rings (SSSR count). The van der Waals surface area contributed by atoms with E-state index in [2.05, 4.69) is 22.5 Å². The van der Waals surface area contributed by atoms with Crippen molar-refractivity contribution in [3.63, 3.8) is 0 Å². The van der Waals surface area contributed by atoms with Gasteiger partial charge in [-0.25, -0.2) is 4.39 Å². The first kappa shape index (κ1) is 17.9. The Balaban J connectivity index is 0.00000220. The Labute approximate surface area is 131 Å². The minimum Gasteiger partial charge on any atom is -0.351 e. The number of nitrogens with zero attached hydrogens (tertiary/aromatic N) is 1. The lowest BCUT2D eigenvalue weighted by Crippen LogP contribution is -2.52. The van der Waals surface area contributed by atoms with Crippen LogP contribution in [0.4, 0.5) is 4.39 Å². The van der Waals surface area contributed by atoms with Crippen LogP contribution in [0, 0.1) is 12.7 Å². The monoisotopic (exact) mass is 315 g/mol. The Morgan fingerprint density at radius 3 is 2.95 bits per heavy atom. The Bertz CT molecular complexity index is 484. The quantitative estimate of drug-likeness (QED) is 0.884. The largest absolute Gasteiger partial charge is 0.351 e. The number of carbonyl (C=O) groups excluding carboxylic acids is 1. The van der Waals surface area contributed by atoms with Crippen LogP contribution in [-0.2, 0) is 11.3 Å². The molecule has 0 saturated carbocycles. The summed E-state index contributed by atoms with van der Waals surface area (Å²) >= 11 is 0. The van der Waals surface area contributed by atoms with Crippen LogP contribution in [-0.4, -0.2) is 43.0 Å². The Hall–Kier alpha value is -1.17. The first-order chi connectivity index (χ1) is 9.56. The molecule has 1 fully saturated rings. The van der Waals surface area contributed by atoms with E-state index < -0.39 is 0 Å². The number of nitrogens with one attached hydrogen (secondary N) is 2.